The predicted molar refractivity (Wildman–Crippen MR) is 86.4 cm³/mol. The van der Waals surface area contributed by atoms with Gasteiger partial charge in [-0.2, -0.15) is 44.8 Å². The molecule has 0 heterocycles. The van der Waals surface area contributed by atoms with Gasteiger partial charge in [-0.05, 0) is 29.3 Å². The van der Waals surface area contributed by atoms with Crippen LogP contribution in [0.1, 0.15) is 21.5 Å². The number of ketones is 2. The molecule has 0 fully saturated rings. The number of nitrogens with zero attached hydrogens (tertiary/aromatic N) is 1. The van der Waals surface area contributed by atoms with Gasteiger partial charge in [0.2, 0.25) is 0 Å². The van der Waals surface area contributed by atoms with E-state index in [0.29, 0.717) is 12.1 Å². The zero-order chi connectivity index (χ0) is 23.8. The highest BCUT2D eigenvalue weighted by Gasteiger charge is 2.46. The first-order valence-corrected chi connectivity index (χ1v) is 8.00. The third-order valence-electron chi connectivity index (χ3n) is 4.02. The summed E-state index contributed by atoms with van der Waals surface area (Å²) in [6, 6.07) is 5.06. The van der Waals surface area contributed by atoms with Gasteiger partial charge in [0.15, 0.2) is 11.7 Å². The highest BCUT2D eigenvalue weighted by atomic mass is 19.4. The summed E-state index contributed by atoms with van der Waals surface area (Å²) >= 11 is 0. The first kappa shape index (κ1) is 23.9. The minimum Gasteiger partial charge on any atom is -0.292 e. The minimum atomic E-state index is -5.46. The summed E-state index contributed by atoms with van der Waals surface area (Å²) < 4.78 is 115. The Morgan fingerprint density at radius 3 is 1.55 bits per heavy atom. The topological polar surface area (TPSA) is 57.9 Å². The molecule has 0 aliphatic carbocycles. The summed E-state index contributed by atoms with van der Waals surface area (Å²) in [6.07, 6.45) is -15.6. The first-order chi connectivity index (χ1) is 14.1. The number of halogens is 9. The van der Waals surface area contributed by atoms with Gasteiger partial charge < -0.3 is 0 Å². The lowest BCUT2D eigenvalue weighted by molar-refractivity contribution is -0.172. The van der Waals surface area contributed by atoms with Gasteiger partial charge in [0, 0.05) is 5.56 Å². The van der Waals surface area contributed by atoms with E-state index >= 15 is 0 Å². The van der Waals surface area contributed by atoms with Gasteiger partial charge in [0.25, 0.3) is 5.78 Å². The van der Waals surface area contributed by atoms with Crippen LogP contribution in [0.2, 0.25) is 0 Å². The molecule has 2 aromatic rings. The van der Waals surface area contributed by atoms with Crippen LogP contribution in [0, 0.1) is 17.2 Å². The number of Topliss-reactive ketones (excluding diaryl/α,β-unsaturated/α-hetero) is 2. The number of rotatable bonds is 4. The lowest BCUT2D eigenvalue weighted by atomic mass is 9.92. The average Bonchev–Trinajstić information content (AvgIpc) is 2.66. The molecule has 0 saturated carbocycles. The molecule has 0 aliphatic rings. The van der Waals surface area contributed by atoms with Crippen molar-refractivity contribution in [3.05, 3.63) is 59.2 Å². The number of carbonyl (C=O) groups excluding carboxylic acids is 2. The van der Waals surface area contributed by atoms with Crippen molar-refractivity contribution >= 4 is 11.6 Å². The van der Waals surface area contributed by atoms with E-state index in [1.165, 1.54) is 0 Å². The normalized spacial score (nSPS) is 13.4. The molecular weight excluding hydrogens is 445 g/mol. The Bertz CT molecular complexity index is 1010. The van der Waals surface area contributed by atoms with Crippen LogP contribution in [0.5, 0.6) is 0 Å². The molecule has 0 aliphatic heterocycles. The van der Waals surface area contributed by atoms with Crippen LogP contribution in [0.4, 0.5) is 39.5 Å². The molecule has 0 saturated heterocycles. The van der Waals surface area contributed by atoms with E-state index in [-0.39, 0.29) is 11.6 Å². The van der Waals surface area contributed by atoms with Crippen LogP contribution in [0.25, 0.3) is 11.1 Å². The molecule has 164 valence electrons. The fraction of sp³-hybridized carbons (Fsp3) is 0.211. The quantitative estimate of drug-likeness (QED) is 0.332. The highest BCUT2D eigenvalue weighted by molar-refractivity contribution is 6.14. The highest BCUT2D eigenvalue weighted by Crippen LogP contribution is 2.38. The number of carbonyl (C=O) groups is 2. The molecule has 2 aromatic carbocycles. The van der Waals surface area contributed by atoms with Crippen molar-refractivity contribution in [1.82, 2.24) is 0 Å². The molecule has 1 unspecified atom stereocenters. The third kappa shape index (κ3) is 5.42. The van der Waals surface area contributed by atoms with Crippen LogP contribution in [-0.2, 0) is 17.1 Å². The summed E-state index contributed by atoms with van der Waals surface area (Å²) in [5.41, 5.74) is -4.47. The molecule has 1 atom stereocenters. The second kappa shape index (κ2) is 8.05. The van der Waals surface area contributed by atoms with Gasteiger partial charge in [-0.15, -0.1) is 0 Å². The Kier molecular flexibility index (Phi) is 6.21. The van der Waals surface area contributed by atoms with Crippen LogP contribution in [0.3, 0.4) is 0 Å². The maximum atomic E-state index is 13.0. The van der Waals surface area contributed by atoms with Crippen molar-refractivity contribution in [2.45, 2.75) is 18.5 Å². The standard InChI is InChI=1S/C19H8F9NO2/c20-17(21,22)12-5-11(6-13(7-12)18(23,24)25)9-1-3-10(4-2-9)15(30)14(8-29)16(31)19(26,27)28/h1-7,14H. The van der Waals surface area contributed by atoms with Crippen molar-refractivity contribution in [3.8, 4) is 17.2 Å². The minimum absolute atomic E-state index is 0.0817. The predicted octanol–water partition coefficient (Wildman–Crippen LogP) is 5.85. The van der Waals surface area contributed by atoms with Crippen LogP contribution in [0.15, 0.2) is 42.5 Å². The largest absolute Gasteiger partial charge is 0.451 e. The first-order valence-electron chi connectivity index (χ1n) is 8.00. The average molecular weight is 453 g/mol. The smallest absolute Gasteiger partial charge is 0.292 e. The summed E-state index contributed by atoms with van der Waals surface area (Å²) in [5, 5.41) is 8.73. The van der Waals surface area contributed by atoms with Crippen molar-refractivity contribution in [2.75, 3.05) is 0 Å². The Morgan fingerprint density at radius 2 is 1.19 bits per heavy atom. The van der Waals surface area contributed by atoms with E-state index in [4.69, 9.17) is 5.26 Å². The molecule has 0 radical (unpaired) electrons. The Labute approximate surface area is 167 Å². The van der Waals surface area contributed by atoms with Gasteiger partial charge >= 0.3 is 18.5 Å². The summed E-state index contributed by atoms with van der Waals surface area (Å²) in [4.78, 5) is 23.2. The number of hydrogen-bond donors (Lipinski definition) is 0. The van der Waals surface area contributed by atoms with Crippen molar-refractivity contribution in [3.63, 3.8) is 0 Å². The Morgan fingerprint density at radius 1 is 0.742 bits per heavy atom. The number of hydrogen-bond acceptors (Lipinski definition) is 3. The van der Waals surface area contributed by atoms with Gasteiger partial charge in [-0.3, -0.25) is 9.59 Å². The molecule has 3 nitrogen and oxygen atoms in total. The molecule has 0 spiro atoms. The van der Waals surface area contributed by atoms with E-state index in [0.717, 1.165) is 30.3 Å². The zero-order valence-corrected chi connectivity index (χ0v) is 14.8. The van der Waals surface area contributed by atoms with E-state index < -0.39 is 58.3 Å². The maximum Gasteiger partial charge on any atom is 0.451 e. The number of alkyl halides is 9. The summed E-state index contributed by atoms with van der Waals surface area (Å²) in [7, 11) is 0. The van der Waals surface area contributed by atoms with Crippen molar-refractivity contribution in [2.24, 2.45) is 5.92 Å². The van der Waals surface area contributed by atoms with Gasteiger partial charge in [-0.1, -0.05) is 24.3 Å². The van der Waals surface area contributed by atoms with Crippen molar-refractivity contribution < 1.29 is 49.1 Å². The van der Waals surface area contributed by atoms with Gasteiger partial charge in [0.1, 0.15) is 0 Å². The van der Waals surface area contributed by atoms with Gasteiger partial charge in [-0.25, -0.2) is 0 Å². The second-order valence-electron chi connectivity index (χ2n) is 6.16. The summed E-state index contributed by atoms with van der Waals surface area (Å²) in [6.45, 7) is 0. The molecule has 0 N–H and O–H groups in total. The van der Waals surface area contributed by atoms with E-state index in [2.05, 4.69) is 0 Å². The molecule has 12 heteroatoms. The maximum absolute atomic E-state index is 13.0. The lowest BCUT2D eigenvalue weighted by Crippen LogP contribution is -2.34. The third-order valence-corrected chi connectivity index (χ3v) is 4.02. The molecule has 0 amide bonds. The number of benzene rings is 2. The molecular formula is C19H8F9NO2. The van der Waals surface area contributed by atoms with Gasteiger partial charge in [0.05, 0.1) is 17.2 Å². The van der Waals surface area contributed by atoms with Crippen LogP contribution >= 0.6 is 0 Å². The molecule has 0 aromatic heterocycles. The Balaban J connectivity index is 2.47. The zero-order valence-electron chi connectivity index (χ0n) is 14.8. The van der Waals surface area contributed by atoms with E-state index in [1.54, 1.807) is 0 Å². The monoisotopic (exact) mass is 453 g/mol. The lowest BCUT2D eigenvalue weighted by Gasteiger charge is -2.15. The molecule has 0 bridgehead atoms. The van der Waals surface area contributed by atoms with Crippen molar-refractivity contribution in [1.29, 1.82) is 5.26 Å². The van der Waals surface area contributed by atoms with E-state index in [9.17, 15) is 49.1 Å². The fourth-order valence-electron chi connectivity index (χ4n) is 2.52. The molecule has 31 heavy (non-hydrogen) atoms. The van der Waals surface area contributed by atoms with Crippen LogP contribution < -0.4 is 0 Å². The van der Waals surface area contributed by atoms with E-state index in [1.807, 2.05) is 0 Å². The Hall–Kier alpha value is -3.36. The molecule has 2 rings (SSSR count). The van der Waals surface area contributed by atoms with Crippen LogP contribution in [-0.4, -0.2) is 17.7 Å². The number of nitriles is 1. The SMILES string of the molecule is N#CC(C(=O)c1ccc(-c2cc(C(F)(F)F)cc(C(F)(F)F)c2)cc1)C(=O)C(F)(F)F. The summed E-state index contributed by atoms with van der Waals surface area (Å²) in [5.74, 6) is -6.82. The second-order valence-corrected chi connectivity index (χ2v) is 6.16. The fourth-order valence-corrected chi connectivity index (χ4v) is 2.52.